The lowest BCUT2D eigenvalue weighted by molar-refractivity contribution is -0.121. The van der Waals surface area contributed by atoms with Gasteiger partial charge < -0.3 is 14.8 Å². The second-order valence-corrected chi connectivity index (χ2v) is 12.4. The van der Waals surface area contributed by atoms with Gasteiger partial charge in [-0.05, 0) is 55.0 Å². The molecular weight excluding hydrogens is 530 g/mol. The summed E-state index contributed by atoms with van der Waals surface area (Å²) in [7, 11) is -7.07. The second-order valence-electron chi connectivity index (χ2n) is 8.10. The van der Waals surface area contributed by atoms with Crippen LogP contribution in [0.3, 0.4) is 0 Å². The van der Waals surface area contributed by atoms with E-state index in [1.807, 2.05) is 0 Å². The Labute approximate surface area is 217 Å². The van der Waals surface area contributed by atoms with Crippen molar-refractivity contribution in [3.63, 3.8) is 0 Å². The second kappa shape index (κ2) is 12.7. The third-order valence-corrected chi connectivity index (χ3v) is 8.76. The van der Waals surface area contributed by atoms with Gasteiger partial charge in [-0.15, -0.1) is 0 Å². The summed E-state index contributed by atoms with van der Waals surface area (Å²) in [5.74, 6) is 0.257. The molecule has 0 aliphatic carbocycles. The third kappa shape index (κ3) is 8.07. The number of anilines is 1. The van der Waals surface area contributed by atoms with Crippen molar-refractivity contribution in [2.75, 3.05) is 56.6 Å². The predicted octanol–water partition coefficient (Wildman–Crippen LogP) is 2.10. The molecule has 0 saturated carbocycles. The fourth-order valence-electron chi connectivity index (χ4n) is 3.57. The van der Waals surface area contributed by atoms with Crippen molar-refractivity contribution in [3.8, 4) is 5.75 Å². The summed E-state index contributed by atoms with van der Waals surface area (Å²) in [6, 6.07) is 12.6. The summed E-state index contributed by atoms with van der Waals surface area (Å²) in [6.07, 6.45) is 1.60. The number of hydrogen-bond donors (Lipinski definition) is 1. The van der Waals surface area contributed by atoms with Crippen LogP contribution in [0.2, 0.25) is 5.02 Å². The Bertz CT molecular complexity index is 1220. The van der Waals surface area contributed by atoms with Crippen molar-refractivity contribution < 1.29 is 31.1 Å². The van der Waals surface area contributed by atoms with E-state index in [9.17, 15) is 21.6 Å². The van der Waals surface area contributed by atoms with Gasteiger partial charge in [0.1, 0.15) is 12.4 Å². The molecular formula is C23H30ClN3O7S2. The van der Waals surface area contributed by atoms with Crippen LogP contribution in [0.15, 0.2) is 53.4 Å². The number of morpholine rings is 1. The average Bonchev–Trinajstić information content (AvgIpc) is 2.85. The molecule has 1 fully saturated rings. The molecule has 1 N–H and O–H groups in total. The molecule has 0 bridgehead atoms. The number of hydrogen-bond acceptors (Lipinski definition) is 7. The highest BCUT2D eigenvalue weighted by Gasteiger charge is 2.26. The SMILES string of the molecule is CS(=O)(=O)N(CCCC(=O)NCCOc1ccc(S(=O)(=O)N2CCOCC2)cc1)c1ccc(Cl)cc1. The Balaban J connectivity index is 1.39. The average molecular weight is 560 g/mol. The van der Waals surface area contributed by atoms with Gasteiger partial charge in [-0.1, -0.05) is 11.6 Å². The summed E-state index contributed by atoms with van der Waals surface area (Å²) in [4.78, 5) is 12.3. The van der Waals surface area contributed by atoms with Gasteiger partial charge in [-0.25, -0.2) is 16.8 Å². The van der Waals surface area contributed by atoms with Crippen LogP contribution in [0.25, 0.3) is 0 Å². The number of sulfonamides is 2. The van der Waals surface area contributed by atoms with Gasteiger partial charge in [0, 0.05) is 31.1 Å². The molecule has 1 amide bonds. The zero-order valence-electron chi connectivity index (χ0n) is 19.9. The van der Waals surface area contributed by atoms with E-state index in [0.29, 0.717) is 49.2 Å². The lowest BCUT2D eigenvalue weighted by atomic mass is 10.2. The van der Waals surface area contributed by atoms with Crippen LogP contribution in [0.5, 0.6) is 5.75 Å². The molecule has 0 atom stereocenters. The topological polar surface area (TPSA) is 122 Å². The molecule has 198 valence electrons. The number of ether oxygens (including phenoxy) is 2. The lowest BCUT2D eigenvalue weighted by Crippen LogP contribution is -2.40. The minimum absolute atomic E-state index is 0.147. The molecule has 1 heterocycles. The Morgan fingerprint density at radius 3 is 2.31 bits per heavy atom. The van der Waals surface area contributed by atoms with Crippen molar-refractivity contribution in [1.82, 2.24) is 9.62 Å². The zero-order chi connectivity index (χ0) is 26.2. The van der Waals surface area contributed by atoms with Gasteiger partial charge >= 0.3 is 0 Å². The fraction of sp³-hybridized carbons (Fsp3) is 0.435. The Hall–Kier alpha value is -2.38. The van der Waals surface area contributed by atoms with E-state index in [1.54, 1.807) is 36.4 Å². The number of halogens is 1. The maximum atomic E-state index is 12.7. The minimum Gasteiger partial charge on any atom is -0.492 e. The Kier molecular flexibility index (Phi) is 9.97. The van der Waals surface area contributed by atoms with Gasteiger partial charge in [0.25, 0.3) is 0 Å². The van der Waals surface area contributed by atoms with E-state index in [2.05, 4.69) is 5.32 Å². The lowest BCUT2D eigenvalue weighted by Gasteiger charge is -2.26. The zero-order valence-corrected chi connectivity index (χ0v) is 22.3. The number of rotatable bonds is 12. The maximum Gasteiger partial charge on any atom is 0.243 e. The van der Waals surface area contributed by atoms with Crippen molar-refractivity contribution >= 4 is 43.2 Å². The molecule has 0 aromatic heterocycles. The smallest absolute Gasteiger partial charge is 0.243 e. The van der Waals surface area contributed by atoms with Gasteiger partial charge in [0.05, 0.1) is 36.6 Å². The molecule has 1 aliphatic heterocycles. The molecule has 0 unspecified atom stereocenters. The first-order valence-electron chi connectivity index (χ1n) is 11.4. The van der Waals surface area contributed by atoms with Crippen molar-refractivity contribution in [2.45, 2.75) is 17.7 Å². The summed E-state index contributed by atoms with van der Waals surface area (Å²) >= 11 is 5.87. The van der Waals surface area contributed by atoms with Crippen molar-refractivity contribution in [2.24, 2.45) is 0 Å². The first-order chi connectivity index (χ1) is 17.1. The molecule has 2 aromatic rings. The molecule has 1 aliphatic rings. The number of benzene rings is 2. The van der Waals surface area contributed by atoms with E-state index < -0.39 is 20.0 Å². The largest absolute Gasteiger partial charge is 0.492 e. The highest BCUT2D eigenvalue weighted by atomic mass is 35.5. The highest BCUT2D eigenvalue weighted by Crippen LogP contribution is 2.22. The standard InChI is InChI=1S/C23H30ClN3O7S2/c1-35(29,30)27(20-6-4-19(24)5-7-20)13-2-3-23(28)25-12-16-34-21-8-10-22(11-9-21)36(31,32)26-14-17-33-18-15-26/h4-11H,2-3,12-18H2,1H3,(H,25,28). The number of carbonyl (C=O) groups excluding carboxylic acids is 1. The summed E-state index contributed by atoms with van der Waals surface area (Å²) in [5.41, 5.74) is 0.486. The Morgan fingerprint density at radius 2 is 1.69 bits per heavy atom. The molecule has 0 spiro atoms. The van der Waals surface area contributed by atoms with Crippen LogP contribution in [0, 0.1) is 0 Å². The van der Waals surface area contributed by atoms with Gasteiger partial charge in [-0.3, -0.25) is 9.10 Å². The molecule has 13 heteroatoms. The summed E-state index contributed by atoms with van der Waals surface area (Å²) in [5, 5.41) is 3.23. The van der Waals surface area contributed by atoms with Crippen LogP contribution in [-0.4, -0.2) is 79.3 Å². The van der Waals surface area contributed by atoms with Crippen LogP contribution >= 0.6 is 11.6 Å². The molecule has 3 rings (SSSR count). The molecule has 1 saturated heterocycles. The monoisotopic (exact) mass is 559 g/mol. The predicted molar refractivity (Wildman–Crippen MR) is 137 cm³/mol. The van der Waals surface area contributed by atoms with Crippen LogP contribution in [0.4, 0.5) is 5.69 Å². The number of nitrogens with one attached hydrogen (secondary N) is 1. The quantitative estimate of drug-likeness (QED) is 0.395. The van der Waals surface area contributed by atoms with E-state index in [1.165, 1.54) is 20.7 Å². The first-order valence-corrected chi connectivity index (χ1v) is 15.0. The van der Waals surface area contributed by atoms with E-state index in [4.69, 9.17) is 21.1 Å². The number of nitrogens with zero attached hydrogens (tertiary/aromatic N) is 2. The normalized spacial score (nSPS) is 14.8. The molecule has 10 nitrogen and oxygen atoms in total. The van der Waals surface area contributed by atoms with Gasteiger partial charge in [0.15, 0.2) is 0 Å². The summed E-state index contributed by atoms with van der Waals surface area (Å²) < 4.78 is 63.0. The fourth-order valence-corrected chi connectivity index (χ4v) is 6.07. The molecule has 0 radical (unpaired) electrons. The molecule has 36 heavy (non-hydrogen) atoms. The number of amides is 1. The van der Waals surface area contributed by atoms with E-state index in [-0.39, 0.29) is 36.9 Å². The first kappa shape index (κ1) is 28.2. The van der Waals surface area contributed by atoms with E-state index >= 15 is 0 Å². The van der Waals surface area contributed by atoms with Gasteiger partial charge in [0.2, 0.25) is 26.0 Å². The number of carbonyl (C=O) groups is 1. The highest BCUT2D eigenvalue weighted by molar-refractivity contribution is 7.92. The minimum atomic E-state index is -3.57. The third-order valence-electron chi connectivity index (χ3n) is 5.40. The summed E-state index contributed by atoms with van der Waals surface area (Å²) in [6.45, 7) is 2.02. The van der Waals surface area contributed by atoms with Crippen LogP contribution in [-0.2, 0) is 29.6 Å². The van der Waals surface area contributed by atoms with E-state index in [0.717, 1.165) is 6.26 Å². The maximum absolute atomic E-state index is 12.7. The van der Waals surface area contributed by atoms with Crippen molar-refractivity contribution in [1.29, 1.82) is 0 Å². The molecule has 2 aromatic carbocycles. The Morgan fingerprint density at radius 1 is 1.06 bits per heavy atom. The van der Waals surface area contributed by atoms with Crippen LogP contribution in [0.1, 0.15) is 12.8 Å². The van der Waals surface area contributed by atoms with Gasteiger partial charge in [-0.2, -0.15) is 4.31 Å². The van der Waals surface area contributed by atoms with Crippen LogP contribution < -0.4 is 14.4 Å². The van der Waals surface area contributed by atoms with Crippen molar-refractivity contribution in [3.05, 3.63) is 53.6 Å².